The molecule has 3 atom stereocenters. The van der Waals surface area contributed by atoms with Crippen LogP contribution in [-0.2, 0) is 4.79 Å². The molecule has 2 nitrogen and oxygen atoms in total. The lowest BCUT2D eigenvalue weighted by atomic mass is 10.0. The van der Waals surface area contributed by atoms with Crippen molar-refractivity contribution in [3.63, 3.8) is 0 Å². The van der Waals surface area contributed by atoms with Crippen LogP contribution in [0, 0.1) is 17.8 Å². The summed E-state index contributed by atoms with van der Waals surface area (Å²) in [6.07, 6.45) is 2.82. The lowest BCUT2D eigenvalue weighted by molar-refractivity contribution is -0.138. The van der Waals surface area contributed by atoms with Crippen LogP contribution in [0.2, 0.25) is 0 Å². The number of rotatable bonds is 4. The molecule has 1 aliphatic rings. The molecular formula is C9H16O2. The van der Waals surface area contributed by atoms with Crippen molar-refractivity contribution in [1.82, 2.24) is 0 Å². The average molecular weight is 156 g/mol. The molecule has 0 amide bonds. The van der Waals surface area contributed by atoms with Gasteiger partial charge in [-0.05, 0) is 24.2 Å². The summed E-state index contributed by atoms with van der Waals surface area (Å²) in [5.41, 5.74) is 0. The maximum absolute atomic E-state index is 10.3. The molecule has 1 rings (SSSR count). The van der Waals surface area contributed by atoms with Gasteiger partial charge in [-0.15, -0.1) is 0 Å². The van der Waals surface area contributed by atoms with Gasteiger partial charge in [0, 0.05) is 6.42 Å². The van der Waals surface area contributed by atoms with Crippen LogP contribution in [-0.4, -0.2) is 11.1 Å². The number of carboxylic acids is 1. The average Bonchev–Trinajstić information content (AvgIpc) is 2.63. The third-order valence-corrected chi connectivity index (χ3v) is 2.73. The molecule has 0 aliphatic heterocycles. The van der Waals surface area contributed by atoms with Crippen molar-refractivity contribution in [2.75, 3.05) is 0 Å². The van der Waals surface area contributed by atoms with Crippen molar-refractivity contribution in [3.8, 4) is 0 Å². The van der Waals surface area contributed by atoms with Gasteiger partial charge in [-0.3, -0.25) is 4.79 Å². The Morgan fingerprint density at radius 2 is 2.36 bits per heavy atom. The van der Waals surface area contributed by atoms with Gasteiger partial charge in [-0.1, -0.05) is 20.3 Å². The van der Waals surface area contributed by atoms with Gasteiger partial charge in [0.2, 0.25) is 0 Å². The first-order valence-corrected chi connectivity index (χ1v) is 4.37. The van der Waals surface area contributed by atoms with Crippen LogP contribution in [0.3, 0.4) is 0 Å². The third-order valence-electron chi connectivity index (χ3n) is 2.73. The molecule has 64 valence electrons. The lowest BCUT2D eigenvalue weighted by Gasteiger charge is -2.05. The molecule has 0 saturated heterocycles. The summed E-state index contributed by atoms with van der Waals surface area (Å²) >= 11 is 0. The van der Waals surface area contributed by atoms with E-state index in [0.717, 1.165) is 5.92 Å². The molecule has 3 unspecified atom stereocenters. The van der Waals surface area contributed by atoms with E-state index in [4.69, 9.17) is 5.11 Å². The summed E-state index contributed by atoms with van der Waals surface area (Å²) in [5, 5.41) is 8.52. The van der Waals surface area contributed by atoms with Crippen molar-refractivity contribution in [2.45, 2.75) is 33.1 Å². The molecule has 1 aliphatic carbocycles. The summed E-state index contributed by atoms with van der Waals surface area (Å²) in [4.78, 5) is 10.3. The predicted octanol–water partition coefficient (Wildman–Crippen LogP) is 2.14. The second-order valence-electron chi connectivity index (χ2n) is 3.64. The van der Waals surface area contributed by atoms with E-state index in [-0.39, 0.29) is 0 Å². The Morgan fingerprint density at radius 1 is 1.73 bits per heavy atom. The molecule has 1 fully saturated rings. The molecule has 0 aromatic carbocycles. The molecule has 1 N–H and O–H groups in total. The highest BCUT2D eigenvalue weighted by atomic mass is 16.4. The highest BCUT2D eigenvalue weighted by Gasteiger charge is 2.39. The minimum absolute atomic E-state index is 0.348. The Labute approximate surface area is 67.6 Å². The predicted molar refractivity (Wildman–Crippen MR) is 43.3 cm³/mol. The van der Waals surface area contributed by atoms with Gasteiger partial charge in [-0.25, -0.2) is 0 Å². The summed E-state index contributed by atoms with van der Waals surface area (Å²) in [6, 6.07) is 0. The summed E-state index contributed by atoms with van der Waals surface area (Å²) in [6.45, 7) is 4.23. The molecule has 1 saturated carbocycles. The molecule has 0 radical (unpaired) electrons. The van der Waals surface area contributed by atoms with Gasteiger partial charge in [0.05, 0.1) is 0 Å². The first-order chi connectivity index (χ1) is 5.15. The van der Waals surface area contributed by atoms with Crippen LogP contribution in [0.15, 0.2) is 0 Å². The zero-order chi connectivity index (χ0) is 8.43. The quantitative estimate of drug-likeness (QED) is 0.677. The van der Waals surface area contributed by atoms with E-state index >= 15 is 0 Å². The molecule has 0 aromatic heterocycles. The van der Waals surface area contributed by atoms with E-state index in [1.54, 1.807) is 0 Å². The molecule has 0 heterocycles. The van der Waals surface area contributed by atoms with Gasteiger partial charge < -0.3 is 5.11 Å². The standard InChI is InChI=1S/C9H16O2/c1-3-7-5-8(7)6(2)4-9(10)11/h6-8H,3-5H2,1-2H3,(H,10,11). The van der Waals surface area contributed by atoms with Crippen molar-refractivity contribution >= 4 is 5.97 Å². The number of hydrogen-bond acceptors (Lipinski definition) is 1. The van der Waals surface area contributed by atoms with E-state index in [0.29, 0.717) is 18.3 Å². The Hall–Kier alpha value is -0.530. The van der Waals surface area contributed by atoms with Gasteiger partial charge in [0.25, 0.3) is 0 Å². The van der Waals surface area contributed by atoms with Gasteiger partial charge in [-0.2, -0.15) is 0 Å². The maximum atomic E-state index is 10.3. The normalized spacial score (nSPS) is 31.5. The van der Waals surface area contributed by atoms with E-state index < -0.39 is 5.97 Å². The smallest absolute Gasteiger partial charge is 0.303 e. The Balaban J connectivity index is 2.22. The molecule has 0 aromatic rings. The van der Waals surface area contributed by atoms with Gasteiger partial charge in [0.15, 0.2) is 0 Å². The highest BCUT2D eigenvalue weighted by molar-refractivity contribution is 5.67. The molecule has 11 heavy (non-hydrogen) atoms. The zero-order valence-electron chi connectivity index (χ0n) is 7.21. The number of carboxylic acid groups (broad SMARTS) is 1. The number of carbonyl (C=O) groups is 1. The topological polar surface area (TPSA) is 37.3 Å². The zero-order valence-corrected chi connectivity index (χ0v) is 7.21. The Kier molecular flexibility index (Phi) is 2.53. The van der Waals surface area contributed by atoms with Crippen molar-refractivity contribution < 1.29 is 9.90 Å². The fraction of sp³-hybridized carbons (Fsp3) is 0.889. The van der Waals surface area contributed by atoms with Crippen molar-refractivity contribution in [2.24, 2.45) is 17.8 Å². The van der Waals surface area contributed by atoms with Crippen LogP contribution in [0.1, 0.15) is 33.1 Å². The number of aliphatic carboxylic acids is 1. The van der Waals surface area contributed by atoms with Gasteiger partial charge in [0.1, 0.15) is 0 Å². The van der Waals surface area contributed by atoms with E-state index in [1.807, 2.05) is 0 Å². The number of hydrogen-bond donors (Lipinski definition) is 1. The summed E-state index contributed by atoms with van der Waals surface area (Å²) < 4.78 is 0. The highest BCUT2D eigenvalue weighted by Crippen LogP contribution is 2.47. The van der Waals surface area contributed by atoms with Crippen LogP contribution in [0.25, 0.3) is 0 Å². The lowest BCUT2D eigenvalue weighted by Crippen LogP contribution is -2.06. The first kappa shape index (κ1) is 8.57. The minimum Gasteiger partial charge on any atom is -0.481 e. The summed E-state index contributed by atoms with van der Waals surface area (Å²) in [7, 11) is 0. The van der Waals surface area contributed by atoms with Crippen LogP contribution >= 0.6 is 0 Å². The monoisotopic (exact) mass is 156 g/mol. The maximum Gasteiger partial charge on any atom is 0.303 e. The molecule has 0 bridgehead atoms. The van der Waals surface area contributed by atoms with Crippen LogP contribution in [0.4, 0.5) is 0 Å². The van der Waals surface area contributed by atoms with E-state index in [9.17, 15) is 4.79 Å². The van der Waals surface area contributed by atoms with Crippen LogP contribution < -0.4 is 0 Å². The van der Waals surface area contributed by atoms with E-state index in [2.05, 4.69) is 13.8 Å². The fourth-order valence-corrected chi connectivity index (χ4v) is 1.86. The van der Waals surface area contributed by atoms with Crippen molar-refractivity contribution in [3.05, 3.63) is 0 Å². The largest absolute Gasteiger partial charge is 0.481 e. The minimum atomic E-state index is -0.653. The Morgan fingerprint density at radius 3 is 2.73 bits per heavy atom. The first-order valence-electron chi connectivity index (χ1n) is 4.37. The van der Waals surface area contributed by atoms with Crippen molar-refractivity contribution in [1.29, 1.82) is 0 Å². The summed E-state index contributed by atoms with van der Waals surface area (Å²) in [5.74, 6) is 1.26. The Bertz CT molecular complexity index is 154. The second kappa shape index (κ2) is 3.24. The molecular weight excluding hydrogens is 140 g/mol. The van der Waals surface area contributed by atoms with Crippen LogP contribution in [0.5, 0.6) is 0 Å². The SMILES string of the molecule is CCC1CC1C(C)CC(=O)O. The van der Waals surface area contributed by atoms with Gasteiger partial charge >= 0.3 is 5.97 Å². The van der Waals surface area contributed by atoms with E-state index in [1.165, 1.54) is 12.8 Å². The third kappa shape index (κ3) is 2.21. The molecule has 2 heteroatoms. The fourth-order valence-electron chi connectivity index (χ4n) is 1.86. The molecule has 0 spiro atoms. The second-order valence-corrected chi connectivity index (χ2v) is 3.64.